The van der Waals surface area contributed by atoms with E-state index >= 15 is 0 Å². The maximum Gasteiger partial charge on any atom is 0.338 e. The molecule has 0 aliphatic heterocycles. The Balaban J connectivity index is 1.64. The Morgan fingerprint density at radius 2 is 1.68 bits per heavy atom. The largest absolute Gasteiger partial charge is 0.462 e. The molecule has 4 rings (SSSR count). The molecule has 0 radical (unpaired) electrons. The van der Waals surface area contributed by atoms with Crippen LogP contribution in [0.25, 0.3) is 10.2 Å². The summed E-state index contributed by atoms with van der Waals surface area (Å²) in [7, 11) is 0. The number of aromatic nitrogens is 1. The average Bonchev–Trinajstić information content (AvgIpc) is 3.19. The molecule has 0 fully saturated rings. The number of hydrogen-bond donors (Lipinski definition) is 0. The van der Waals surface area contributed by atoms with Crippen LogP contribution < -0.4 is 4.80 Å². The van der Waals surface area contributed by atoms with Gasteiger partial charge in [-0.1, -0.05) is 53.8 Å². The van der Waals surface area contributed by atoms with Crippen molar-refractivity contribution in [3.63, 3.8) is 0 Å². The minimum Gasteiger partial charge on any atom is -0.462 e. The molecule has 5 nitrogen and oxygen atoms in total. The van der Waals surface area contributed by atoms with Crippen molar-refractivity contribution in [3.05, 3.63) is 99.9 Å². The van der Waals surface area contributed by atoms with Crippen molar-refractivity contribution in [1.82, 2.24) is 4.57 Å². The number of nitrogens with zero attached hydrogens (tertiary/aromatic N) is 2. The highest BCUT2D eigenvalue weighted by atomic mass is 32.2. The van der Waals surface area contributed by atoms with Crippen LogP contribution in [0.2, 0.25) is 0 Å². The number of carbonyl (C=O) groups excluding carboxylic acids is 2. The number of benzene rings is 3. The first-order valence-electron chi connectivity index (χ1n) is 11.1. The number of hydrogen-bond acceptors (Lipinski definition) is 5. The molecule has 0 N–H and O–H groups in total. The van der Waals surface area contributed by atoms with E-state index in [-0.39, 0.29) is 11.9 Å². The second kappa shape index (κ2) is 11.3. The summed E-state index contributed by atoms with van der Waals surface area (Å²) < 4.78 is 8.07. The van der Waals surface area contributed by atoms with E-state index in [1.807, 2.05) is 65.4 Å². The van der Waals surface area contributed by atoms with E-state index in [0.29, 0.717) is 22.5 Å². The van der Waals surface area contributed by atoms with Gasteiger partial charge in [-0.25, -0.2) is 4.79 Å². The highest BCUT2D eigenvalue weighted by Crippen LogP contribution is 2.21. The summed E-state index contributed by atoms with van der Waals surface area (Å²) in [5.41, 5.74) is 4.38. The van der Waals surface area contributed by atoms with Gasteiger partial charge in [-0.3, -0.25) is 4.79 Å². The fraction of sp³-hybridized carbons (Fsp3) is 0.222. The number of aryl methyl sites for hydroxylation is 1. The quantitative estimate of drug-likeness (QED) is 0.303. The predicted molar refractivity (Wildman–Crippen MR) is 140 cm³/mol. The second-order valence-corrected chi connectivity index (χ2v) is 9.70. The number of fused-ring (bicyclic) bond motifs is 1. The molecule has 0 saturated carbocycles. The van der Waals surface area contributed by atoms with Crippen LogP contribution in [0.4, 0.5) is 0 Å². The molecule has 7 heteroatoms. The molecule has 0 atom stereocenters. The van der Waals surface area contributed by atoms with Crippen molar-refractivity contribution in [1.29, 1.82) is 0 Å². The summed E-state index contributed by atoms with van der Waals surface area (Å²) in [6.07, 6.45) is 2.87. The van der Waals surface area contributed by atoms with E-state index < -0.39 is 0 Å². The summed E-state index contributed by atoms with van der Waals surface area (Å²) in [5.74, 6) is 0.265. The van der Waals surface area contributed by atoms with E-state index in [0.717, 1.165) is 34.5 Å². The highest BCUT2D eigenvalue weighted by molar-refractivity contribution is 7.98. The highest BCUT2D eigenvalue weighted by Gasteiger charge is 2.13. The zero-order valence-electron chi connectivity index (χ0n) is 19.2. The van der Waals surface area contributed by atoms with Gasteiger partial charge in [0.05, 0.1) is 22.4 Å². The number of thiazole rings is 1. The maximum absolute atomic E-state index is 13.0. The molecule has 174 valence electrons. The van der Waals surface area contributed by atoms with Crippen LogP contribution in [0.5, 0.6) is 0 Å². The third-order valence-corrected chi connectivity index (χ3v) is 6.99. The molecular formula is C27H26N2O3S2. The van der Waals surface area contributed by atoms with E-state index in [4.69, 9.17) is 4.74 Å². The Morgan fingerprint density at radius 3 is 2.38 bits per heavy atom. The van der Waals surface area contributed by atoms with Crippen LogP contribution in [0, 0.1) is 0 Å². The number of carbonyl (C=O) groups is 2. The van der Waals surface area contributed by atoms with Crippen molar-refractivity contribution < 1.29 is 14.3 Å². The van der Waals surface area contributed by atoms with Gasteiger partial charge in [0, 0.05) is 17.9 Å². The summed E-state index contributed by atoms with van der Waals surface area (Å²) in [6.45, 7) is 2.84. The molecule has 1 heterocycles. The first-order valence-corrected chi connectivity index (χ1v) is 13.3. The normalized spacial score (nSPS) is 11.6. The zero-order valence-corrected chi connectivity index (χ0v) is 20.8. The van der Waals surface area contributed by atoms with Crippen LogP contribution in [-0.2, 0) is 17.7 Å². The summed E-state index contributed by atoms with van der Waals surface area (Å²) in [4.78, 5) is 30.2. The predicted octanol–water partition coefficient (Wildman–Crippen LogP) is 5.57. The zero-order chi connectivity index (χ0) is 23.9. The Labute approximate surface area is 207 Å². The smallest absolute Gasteiger partial charge is 0.338 e. The van der Waals surface area contributed by atoms with E-state index in [2.05, 4.69) is 17.1 Å². The van der Waals surface area contributed by atoms with Crippen molar-refractivity contribution in [2.24, 2.45) is 4.99 Å². The van der Waals surface area contributed by atoms with Gasteiger partial charge in [-0.2, -0.15) is 16.8 Å². The molecule has 0 aliphatic carbocycles. The van der Waals surface area contributed by atoms with Crippen molar-refractivity contribution in [2.45, 2.75) is 19.9 Å². The molecule has 1 aromatic heterocycles. The number of ether oxygens (including phenoxy) is 1. The summed E-state index contributed by atoms with van der Waals surface area (Å²) >= 11 is 3.14. The van der Waals surface area contributed by atoms with Crippen LogP contribution >= 0.6 is 23.1 Å². The lowest BCUT2D eigenvalue weighted by molar-refractivity contribution is 0.0526. The Morgan fingerprint density at radius 1 is 0.971 bits per heavy atom. The van der Waals surface area contributed by atoms with Gasteiger partial charge in [-0.05, 0) is 61.1 Å². The third kappa shape index (κ3) is 5.66. The molecule has 4 aromatic rings. The molecule has 3 aromatic carbocycles. The number of thioether (sulfide) groups is 1. The van der Waals surface area contributed by atoms with Crippen LogP contribution in [0.1, 0.15) is 38.8 Å². The Bertz CT molecular complexity index is 1360. The SMILES string of the molecule is CCOC(=O)c1ccc2c(c1)sc(=NC(=O)c1ccc(Cc3ccccc3)cc1)n2CCSC. The third-order valence-electron chi connectivity index (χ3n) is 5.36. The molecular weight excluding hydrogens is 464 g/mol. The molecule has 0 saturated heterocycles. The topological polar surface area (TPSA) is 60.7 Å². The van der Waals surface area contributed by atoms with E-state index in [1.165, 1.54) is 16.9 Å². The lowest BCUT2D eigenvalue weighted by Gasteiger charge is -2.05. The number of amides is 1. The second-order valence-electron chi connectivity index (χ2n) is 7.71. The fourth-order valence-electron chi connectivity index (χ4n) is 3.65. The molecule has 0 spiro atoms. The first-order chi connectivity index (χ1) is 16.6. The average molecular weight is 491 g/mol. The van der Waals surface area contributed by atoms with Crippen LogP contribution in [-0.4, -0.2) is 35.1 Å². The fourth-order valence-corrected chi connectivity index (χ4v) is 5.11. The monoisotopic (exact) mass is 490 g/mol. The van der Waals surface area contributed by atoms with Gasteiger partial charge in [0.2, 0.25) is 0 Å². The van der Waals surface area contributed by atoms with Crippen molar-refractivity contribution in [2.75, 3.05) is 18.6 Å². The van der Waals surface area contributed by atoms with Gasteiger partial charge in [0.1, 0.15) is 0 Å². The van der Waals surface area contributed by atoms with E-state index in [9.17, 15) is 9.59 Å². The Hall–Kier alpha value is -3.16. The van der Waals surface area contributed by atoms with Crippen LogP contribution in [0.3, 0.4) is 0 Å². The molecule has 0 unspecified atom stereocenters. The van der Waals surface area contributed by atoms with Gasteiger partial charge < -0.3 is 9.30 Å². The van der Waals surface area contributed by atoms with Crippen LogP contribution in [0.15, 0.2) is 77.8 Å². The van der Waals surface area contributed by atoms with Gasteiger partial charge >= 0.3 is 5.97 Å². The number of rotatable bonds is 8. The molecule has 0 aliphatic rings. The minimum atomic E-state index is -0.348. The van der Waals surface area contributed by atoms with Crippen molar-refractivity contribution >= 4 is 45.2 Å². The summed E-state index contributed by atoms with van der Waals surface area (Å²) in [6, 6.07) is 23.4. The van der Waals surface area contributed by atoms with Gasteiger partial charge in [-0.15, -0.1) is 0 Å². The maximum atomic E-state index is 13.0. The standard InChI is InChI=1S/C27H26N2O3S2/c1-3-32-26(31)22-13-14-23-24(18-22)34-27(29(23)15-16-33-2)28-25(30)21-11-9-20(10-12-21)17-19-7-5-4-6-8-19/h4-14,18H,3,15-17H2,1-2H3. The lowest BCUT2D eigenvalue weighted by atomic mass is 10.0. The van der Waals surface area contributed by atoms with E-state index in [1.54, 1.807) is 24.8 Å². The lowest BCUT2D eigenvalue weighted by Crippen LogP contribution is -2.18. The first kappa shape index (κ1) is 24.0. The van der Waals surface area contributed by atoms with Gasteiger partial charge in [0.25, 0.3) is 5.91 Å². The number of esters is 1. The minimum absolute atomic E-state index is 0.277. The van der Waals surface area contributed by atoms with Crippen molar-refractivity contribution in [3.8, 4) is 0 Å². The molecule has 34 heavy (non-hydrogen) atoms. The van der Waals surface area contributed by atoms with Gasteiger partial charge in [0.15, 0.2) is 4.80 Å². The molecule has 0 bridgehead atoms. The summed E-state index contributed by atoms with van der Waals surface area (Å²) in [5, 5.41) is 0. The molecule has 1 amide bonds. The Kier molecular flexibility index (Phi) is 7.98.